The minimum Gasteiger partial charge on any atom is -0.338 e. The summed E-state index contributed by atoms with van der Waals surface area (Å²) in [5.74, 6) is -0.305. The van der Waals surface area contributed by atoms with E-state index in [1.165, 1.54) is 12.1 Å². The molecule has 0 saturated carbocycles. The average Bonchev–Trinajstić information content (AvgIpc) is 2.85. The van der Waals surface area contributed by atoms with E-state index in [0.29, 0.717) is 30.0 Å². The van der Waals surface area contributed by atoms with E-state index in [-0.39, 0.29) is 5.82 Å². The summed E-state index contributed by atoms with van der Waals surface area (Å²) >= 11 is 0. The van der Waals surface area contributed by atoms with Gasteiger partial charge in [0.2, 0.25) is 0 Å². The lowest BCUT2D eigenvalue weighted by Crippen LogP contribution is -2.26. The number of aromatic nitrogens is 2. The molecular weight excluding hydrogens is 384 g/mol. The molecule has 4 nitrogen and oxygen atoms in total. The number of rotatable bonds is 2. The summed E-state index contributed by atoms with van der Waals surface area (Å²) in [6.45, 7) is 1.98. The number of nitrogens with zero attached hydrogens (tertiary/aromatic N) is 4. The van der Waals surface area contributed by atoms with Crippen molar-refractivity contribution in [3.05, 3.63) is 71.7 Å². The third kappa shape index (κ3) is 3.93. The van der Waals surface area contributed by atoms with E-state index in [1.54, 1.807) is 24.3 Å². The highest BCUT2D eigenvalue weighted by Gasteiger charge is 2.33. The van der Waals surface area contributed by atoms with Gasteiger partial charge in [-0.3, -0.25) is 0 Å². The number of fused-ring (bicyclic) bond motifs is 1. The Morgan fingerprint density at radius 1 is 0.897 bits per heavy atom. The molecule has 0 radical (unpaired) electrons. The Bertz CT molecular complexity index is 1020. The lowest BCUT2D eigenvalue weighted by molar-refractivity contribution is -0.141. The monoisotopic (exact) mass is 402 g/mol. The van der Waals surface area contributed by atoms with Crippen LogP contribution in [0, 0.1) is 5.82 Å². The first-order valence-electron chi connectivity index (χ1n) is 9.08. The average molecular weight is 402 g/mol. The topological polar surface area (TPSA) is 32.3 Å². The number of likely N-dealkylation sites (N-methyl/N-ethyl adjacent to an activating group) is 1. The van der Waals surface area contributed by atoms with Crippen LogP contribution in [-0.4, -0.2) is 35.2 Å². The predicted octanol–water partition coefficient (Wildman–Crippen LogP) is 4.89. The second-order valence-corrected chi connectivity index (χ2v) is 6.99. The van der Waals surface area contributed by atoms with E-state index in [0.717, 1.165) is 23.9 Å². The van der Waals surface area contributed by atoms with Gasteiger partial charge in [0.05, 0.1) is 11.4 Å². The summed E-state index contributed by atoms with van der Waals surface area (Å²) in [5, 5.41) is 7.04. The van der Waals surface area contributed by atoms with Crippen molar-refractivity contribution in [2.24, 2.45) is 0 Å². The molecule has 4 rings (SSSR count). The van der Waals surface area contributed by atoms with Crippen molar-refractivity contribution < 1.29 is 17.6 Å². The molecule has 8 heteroatoms. The Morgan fingerprint density at radius 2 is 1.69 bits per heavy atom. The van der Waals surface area contributed by atoms with E-state index < -0.39 is 11.9 Å². The molecule has 0 amide bonds. The van der Waals surface area contributed by atoms with Crippen LogP contribution in [0.5, 0.6) is 0 Å². The van der Waals surface area contributed by atoms with Gasteiger partial charge < -0.3 is 9.80 Å². The van der Waals surface area contributed by atoms with E-state index >= 15 is 0 Å². The molecule has 0 aliphatic carbocycles. The maximum absolute atomic E-state index is 14.4. The minimum atomic E-state index is -4.53. The molecular formula is C21H18F4N4. The number of benzene rings is 2. The molecule has 1 aliphatic heterocycles. The van der Waals surface area contributed by atoms with Crippen molar-refractivity contribution in [3.8, 4) is 11.3 Å². The van der Waals surface area contributed by atoms with Crippen LogP contribution in [0.2, 0.25) is 0 Å². The van der Waals surface area contributed by atoms with E-state index in [9.17, 15) is 17.6 Å². The van der Waals surface area contributed by atoms with Crippen molar-refractivity contribution in [3.63, 3.8) is 0 Å². The van der Waals surface area contributed by atoms with Crippen molar-refractivity contribution in [2.75, 3.05) is 25.0 Å². The molecule has 0 saturated heterocycles. The van der Waals surface area contributed by atoms with Crippen LogP contribution in [0.4, 0.5) is 28.9 Å². The van der Waals surface area contributed by atoms with Crippen LogP contribution in [0.15, 0.2) is 54.6 Å². The van der Waals surface area contributed by atoms with Gasteiger partial charge in [-0.2, -0.15) is 13.2 Å². The smallest absolute Gasteiger partial charge is 0.338 e. The van der Waals surface area contributed by atoms with E-state index in [4.69, 9.17) is 0 Å². The number of hydrogen-bond donors (Lipinski definition) is 0. The zero-order valence-electron chi connectivity index (χ0n) is 15.6. The standard InChI is InChI=1S/C21H18F4N4/c1-28-10-11-29(19-5-3-2-4-16(19)22)18-8-6-14(12-15(18)13-28)17-7-9-20(27-26-17)21(23,24)25/h2-9,12H,10-11,13H2,1H3. The van der Waals surface area contributed by atoms with Gasteiger partial charge in [-0.15, -0.1) is 10.2 Å². The SMILES string of the molecule is CN1CCN(c2ccccc2F)c2ccc(-c3ccc(C(F)(F)F)nn3)cc2C1. The molecule has 1 aromatic heterocycles. The lowest BCUT2D eigenvalue weighted by atomic mass is 10.0. The van der Waals surface area contributed by atoms with Gasteiger partial charge in [-0.1, -0.05) is 18.2 Å². The second-order valence-electron chi connectivity index (χ2n) is 6.99. The van der Waals surface area contributed by atoms with Crippen molar-refractivity contribution in [1.29, 1.82) is 0 Å². The number of para-hydroxylation sites is 1. The van der Waals surface area contributed by atoms with Gasteiger partial charge >= 0.3 is 6.18 Å². The molecule has 3 aromatic rings. The predicted molar refractivity (Wildman–Crippen MR) is 102 cm³/mol. The Hall–Kier alpha value is -3.00. The maximum atomic E-state index is 14.4. The summed E-state index contributed by atoms with van der Waals surface area (Å²) in [6.07, 6.45) is -4.53. The molecule has 1 aliphatic rings. The first-order chi connectivity index (χ1) is 13.8. The van der Waals surface area contributed by atoms with Crippen molar-refractivity contribution in [2.45, 2.75) is 12.7 Å². The van der Waals surface area contributed by atoms with Crippen LogP contribution in [0.1, 0.15) is 11.3 Å². The molecule has 0 N–H and O–H groups in total. The zero-order valence-corrected chi connectivity index (χ0v) is 15.6. The fraction of sp³-hybridized carbons (Fsp3) is 0.238. The summed E-state index contributed by atoms with van der Waals surface area (Å²) in [7, 11) is 1.97. The Labute approximate surface area is 165 Å². The van der Waals surface area contributed by atoms with Crippen LogP contribution >= 0.6 is 0 Å². The molecule has 2 heterocycles. The molecule has 29 heavy (non-hydrogen) atoms. The van der Waals surface area contributed by atoms with Crippen molar-refractivity contribution >= 4 is 11.4 Å². The Balaban J connectivity index is 1.74. The minimum absolute atomic E-state index is 0.305. The summed E-state index contributed by atoms with van der Waals surface area (Å²) in [4.78, 5) is 4.04. The quantitative estimate of drug-likeness (QED) is 0.572. The number of anilines is 2. The van der Waals surface area contributed by atoms with Gasteiger partial charge in [0.25, 0.3) is 0 Å². The highest BCUT2D eigenvalue weighted by atomic mass is 19.4. The van der Waals surface area contributed by atoms with Gasteiger partial charge in [0, 0.05) is 30.9 Å². The molecule has 2 aromatic carbocycles. The summed E-state index contributed by atoms with van der Waals surface area (Å²) in [5.41, 5.74) is 2.28. The van der Waals surface area contributed by atoms with Gasteiger partial charge in [-0.05, 0) is 49.0 Å². The Kier molecular flexibility index (Phi) is 4.96. The first-order valence-corrected chi connectivity index (χ1v) is 9.08. The first kappa shape index (κ1) is 19.3. The maximum Gasteiger partial charge on any atom is 0.435 e. The largest absolute Gasteiger partial charge is 0.435 e. The fourth-order valence-electron chi connectivity index (χ4n) is 3.45. The number of halogens is 4. The van der Waals surface area contributed by atoms with Crippen LogP contribution in [-0.2, 0) is 12.7 Å². The zero-order chi connectivity index (χ0) is 20.6. The highest BCUT2D eigenvalue weighted by Crippen LogP contribution is 2.35. The normalized spacial score (nSPS) is 15.1. The van der Waals surface area contributed by atoms with Crippen LogP contribution < -0.4 is 4.90 Å². The Morgan fingerprint density at radius 3 is 2.38 bits per heavy atom. The van der Waals surface area contributed by atoms with E-state index in [1.807, 2.05) is 24.1 Å². The summed E-state index contributed by atoms with van der Waals surface area (Å²) < 4.78 is 52.6. The molecule has 150 valence electrons. The molecule has 0 fully saturated rings. The van der Waals surface area contributed by atoms with Gasteiger partial charge in [-0.25, -0.2) is 4.39 Å². The molecule has 0 spiro atoms. The van der Waals surface area contributed by atoms with E-state index in [2.05, 4.69) is 15.1 Å². The molecule has 0 atom stereocenters. The lowest BCUT2D eigenvalue weighted by Gasteiger charge is -2.25. The third-order valence-corrected chi connectivity index (χ3v) is 4.91. The fourth-order valence-corrected chi connectivity index (χ4v) is 3.45. The van der Waals surface area contributed by atoms with Gasteiger partial charge in [0.15, 0.2) is 5.69 Å². The number of hydrogen-bond acceptors (Lipinski definition) is 4. The molecule has 0 bridgehead atoms. The van der Waals surface area contributed by atoms with Crippen LogP contribution in [0.3, 0.4) is 0 Å². The van der Waals surface area contributed by atoms with Crippen LogP contribution in [0.25, 0.3) is 11.3 Å². The van der Waals surface area contributed by atoms with Gasteiger partial charge in [0.1, 0.15) is 5.82 Å². The summed E-state index contributed by atoms with van der Waals surface area (Å²) in [6, 6.07) is 14.3. The van der Waals surface area contributed by atoms with Crippen molar-refractivity contribution in [1.82, 2.24) is 15.1 Å². The second kappa shape index (κ2) is 7.44. The highest BCUT2D eigenvalue weighted by molar-refractivity contribution is 5.72. The molecule has 0 unspecified atom stereocenters. The third-order valence-electron chi connectivity index (χ3n) is 4.91. The number of alkyl halides is 3.